The molecule has 24 heavy (non-hydrogen) atoms. The van der Waals surface area contributed by atoms with Gasteiger partial charge in [-0.1, -0.05) is 0 Å². The van der Waals surface area contributed by atoms with Crippen LogP contribution in [0.1, 0.15) is 43.8 Å². The summed E-state index contributed by atoms with van der Waals surface area (Å²) in [5.74, 6) is 0. The molecule has 2 saturated heterocycles. The van der Waals surface area contributed by atoms with Gasteiger partial charge < -0.3 is 19.7 Å². The van der Waals surface area contributed by atoms with Crippen molar-refractivity contribution in [2.24, 2.45) is 7.05 Å². The third-order valence-electron chi connectivity index (χ3n) is 5.03. The Hall–Kier alpha value is -1.60. The smallest absolute Gasteiger partial charge is 0.318 e. The van der Waals surface area contributed by atoms with Crippen LogP contribution in [0.4, 0.5) is 4.79 Å². The number of carbonyl (C=O) groups excluding carboxylic acids is 1. The Morgan fingerprint density at radius 3 is 3.00 bits per heavy atom. The molecule has 3 heterocycles. The van der Waals surface area contributed by atoms with Crippen molar-refractivity contribution >= 4 is 6.03 Å². The van der Waals surface area contributed by atoms with E-state index in [4.69, 9.17) is 9.47 Å². The van der Waals surface area contributed by atoms with Crippen molar-refractivity contribution in [3.8, 4) is 0 Å². The van der Waals surface area contributed by atoms with Gasteiger partial charge in [-0.25, -0.2) is 4.79 Å². The Morgan fingerprint density at radius 2 is 2.33 bits per heavy atom. The van der Waals surface area contributed by atoms with Gasteiger partial charge in [-0.05, 0) is 38.2 Å². The number of urea groups is 1. The van der Waals surface area contributed by atoms with E-state index >= 15 is 0 Å². The largest absolute Gasteiger partial charge is 0.382 e. The zero-order chi connectivity index (χ0) is 16.9. The number of carbonyl (C=O) groups is 1. The van der Waals surface area contributed by atoms with Crippen molar-refractivity contribution < 1.29 is 14.3 Å². The number of aryl methyl sites for hydroxylation is 1. The second kappa shape index (κ2) is 7.98. The molecule has 0 spiro atoms. The van der Waals surface area contributed by atoms with Crippen LogP contribution in [-0.4, -0.2) is 59.7 Å². The summed E-state index contributed by atoms with van der Waals surface area (Å²) in [6.45, 7) is 2.01. The van der Waals surface area contributed by atoms with Gasteiger partial charge in [0.15, 0.2) is 0 Å². The van der Waals surface area contributed by atoms with Gasteiger partial charge >= 0.3 is 6.03 Å². The number of hydrogen-bond acceptors (Lipinski definition) is 4. The van der Waals surface area contributed by atoms with Crippen LogP contribution in [0.25, 0.3) is 0 Å². The van der Waals surface area contributed by atoms with E-state index in [2.05, 4.69) is 10.4 Å². The first-order valence-electron chi connectivity index (χ1n) is 8.86. The number of hydrogen-bond donors (Lipinski definition) is 1. The highest BCUT2D eigenvalue weighted by Gasteiger charge is 2.33. The highest BCUT2D eigenvalue weighted by Crippen LogP contribution is 2.30. The molecule has 3 rings (SSSR count). The summed E-state index contributed by atoms with van der Waals surface area (Å²) in [7, 11) is 3.59. The van der Waals surface area contributed by atoms with Crippen molar-refractivity contribution in [3.05, 3.63) is 18.0 Å². The first-order chi connectivity index (χ1) is 11.7. The Labute approximate surface area is 143 Å². The van der Waals surface area contributed by atoms with E-state index in [0.717, 1.165) is 50.9 Å². The molecule has 0 aromatic carbocycles. The first kappa shape index (κ1) is 17.2. The van der Waals surface area contributed by atoms with Crippen LogP contribution in [0.2, 0.25) is 0 Å². The number of ether oxygens (including phenoxy) is 2. The lowest BCUT2D eigenvalue weighted by molar-refractivity contribution is 0.0424. The molecule has 134 valence electrons. The second-order valence-corrected chi connectivity index (χ2v) is 6.65. The van der Waals surface area contributed by atoms with Crippen LogP contribution in [0, 0.1) is 0 Å². The van der Waals surface area contributed by atoms with Crippen molar-refractivity contribution in [1.29, 1.82) is 0 Å². The van der Waals surface area contributed by atoms with Gasteiger partial charge in [-0.15, -0.1) is 0 Å². The maximum Gasteiger partial charge on any atom is 0.318 e. The average Bonchev–Trinajstić information content (AvgIpc) is 3.26. The van der Waals surface area contributed by atoms with Crippen LogP contribution >= 0.6 is 0 Å². The van der Waals surface area contributed by atoms with E-state index in [1.54, 1.807) is 13.3 Å². The summed E-state index contributed by atoms with van der Waals surface area (Å²) in [5, 5.41) is 7.41. The van der Waals surface area contributed by atoms with Gasteiger partial charge in [0, 0.05) is 33.5 Å². The second-order valence-electron chi connectivity index (χ2n) is 6.65. The van der Waals surface area contributed by atoms with Gasteiger partial charge in [-0.2, -0.15) is 5.10 Å². The Kier molecular flexibility index (Phi) is 5.73. The lowest BCUT2D eigenvalue weighted by Gasteiger charge is -2.37. The Morgan fingerprint density at radius 1 is 1.46 bits per heavy atom. The molecule has 0 unspecified atom stereocenters. The predicted molar refractivity (Wildman–Crippen MR) is 89.7 cm³/mol. The maximum absolute atomic E-state index is 12.9. The van der Waals surface area contributed by atoms with Gasteiger partial charge in [0.1, 0.15) is 0 Å². The van der Waals surface area contributed by atoms with Crippen LogP contribution in [0.15, 0.2) is 12.3 Å². The van der Waals surface area contributed by atoms with Gasteiger partial charge in [0.05, 0.1) is 30.5 Å². The number of piperidine rings is 1. The molecule has 1 aromatic rings. The van der Waals surface area contributed by atoms with E-state index in [0.29, 0.717) is 6.61 Å². The number of nitrogens with zero attached hydrogens (tertiary/aromatic N) is 3. The lowest BCUT2D eigenvalue weighted by Crippen LogP contribution is -2.53. The van der Waals surface area contributed by atoms with Gasteiger partial charge in [0.2, 0.25) is 0 Å². The minimum absolute atomic E-state index is 0.0292. The number of rotatable bonds is 5. The Balaban J connectivity index is 1.70. The summed E-state index contributed by atoms with van der Waals surface area (Å²) in [5.41, 5.74) is 1.09. The number of likely N-dealkylation sites (tertiary alicyclic amines) is 1. The summed E-state index contributed by atoms with van der Waals surface area (Å²) in [4.78, 5) is 14.9. The van der Waals surface area contributed by atoms with Crippen LogP contribution in [0.5, 0.6) is 0 Å². The van der Waals surface area contributed by atoms with Crippen molar-refractivity contribution in [2.75, 3.05) is 26.9 Å². The molecule has 2 fully saturated rings. The van der Waals surface area contributed by atoms with E-state index < -0.39 is 0 Å². The number of methoxy groups -OCH3 is 1. The molecule has 2 amide bonds. The normalized spacial score (nSPS) is 25.7. The fourth-order valence-electron chi connectivity index (χ4n) is 3.78. The van der Waals surface area contributed by atoms with Crippen LogP contribution in [-0.2, 0) is 16.5 Å². The first-order valence-corrected chi connectivity index (χ1v) is 8.86. The quantitative estimate of drug-likeness (QED) is 0.891. The monoisotopic (exact) mass is 336 g/mol. The van der Waals surface area contributed by atoms with Crippen LogP contribution < -0.4 is 5.32 Å². The minimum atomic E-state index is -0.0980. The van der Waals surface area contributed by atoms with E-state index in [9.17, 15) is 4.79 Å². The molecule has 2 aliphatic rings. The SMILES string of the molecule is COC[C@H](NC(=O)N1CCCC[C@H]1c1ccnn1C)[C@@H]1CCCO1. The van der Waals surface area contributed by atoms with Gasteiger partial charge in [-0.3, -0.25) is 4.68 Å². The zero-order valence-corrected chi connectivity index (χ0v) is 14.6. The molecule has 0 bridgehead atoms. The van der Waals surface area contributed by atoms with E-state index in [-0.39, 0.29) is 24.2 Å². The highest BCUT2D eigenvalue weighted by molar-refractivity contribution is 5.75. The molecule has 7 heteroatoms. The van der Waals surface area contributed by atoms with Crippen molar-refractivity contribution in [3.63, 3.8) is 0 Å². The van der Waals surface area contributed by atoms with Crippen molar-refractivity contribution in [1.82, 2.24) is 20.0 Å². The number of amides is 2. The lowest BCUT2D eigenvalue weighted by atomic mass is 9.99. The molecule has 1 aromatic heterocycles. The number of nitrogens with one attached hydrogen (secondary N) is 1. The third kappa shape index (κ3) is 3.72. The topological polar surface area (TPSA) is 68.6 Å². The highest BCUT2D eigenvalue weighted by atomic mass is 16.5. The fourth-order valence-corrected chi connectivity index (χ4v) is 3.78. The molecule has 1 N–H and O–H groups in total. The molecule has 0 saturated carbocycles. The van der Waals surface area contributed by atoms with Gasteiger partial charge in [0.25, 0.3) is 0 Å². The van der Waals surface area contributed by atoms with E-state index in [1.165, 1.54) is 0 Å². The average molecular weight is 336 g/mol. The maximum atomic E-state index is 12.9. The zero-order valence-electron chi connectivity index (χ0n) is 14.6. The molecular formula is C17H28N4O3. The minimum Gasteiger partial charge on any atom is -0.382 e. The summed E-state index contributed by atoms with van der Waals surface area (Å²) in [6.07, 6.45) is 7.00. The number of aromatic nitrogens is 2. The molecule has 2 aliphatic heterocycles. The standard InChI is InChI=1S/C17H28N4O3/c1-20-14(8-9-18-20)15-6-3-4-10-21(15)17(22)19-13(12-23-2)16-7-5-11-24-16/h8-9,13,15-16H,3-7,10-12H2,1-2H3,(H,19,22)/t13-,15-,16-/m0/s1. The molecule has 7 nitrogen and oxygen atoms in total. The van der Waals surface area contributed by atoms with Crippen LogP contribution in [0.3, 0.4) is 0 Å². The summed E-state index contributed by atoms with van der Waals surface area (Å²) >= 11 is 0. The Bertz CT molecular complexity index is 542. The third-order valence-corrected chi connectivity index (χ3v) is 5.03. The van der Waals surface area contributed by atoms with Crippen molar-refractivity contribution in [2.45, 2.75) is 50.3 Å². The molecule has 0 aliphatic carbocycles. The van der Waals surface area contributed by atoms with E-state index in [1.807, 2.05) is 22.7 Å². The fraction of sp³-hybridized carbons (Fsp3) is 0.765. The molecule has 0 radical (unpaired) electrons. The summed E-state index contributed by atoms with van der Waals surface area (Å²) in [6, 6.07) is 1.96. The summed E-state index contributed by atoms with van der Waals surface area (Å²) < 4.78 is 12.9. The predicted octanol–water partition coefficient (Wildman–Crippen LogP) is 1.85. The molecular weight excluding hydrogens is 308 g/mol. The molecule has 3 atom stereocenters.